The van der Waals surface area contributed by atoms with Crippen LogP contribution in [0.1, 0.15) is 28.5 Å². The van der Waals surface area contributed by atoms with E-state index < -0.39 is 0 Å². The number of benzene rings is 3. The number of aryl methyl sites for hydroxylation is 1. The number of nitrogens with one attached hydrogen (secondary N) is 1. The number of amides is 1. The van der Waals surface area contributed by atoms with Gasteiger partial charge < -0.3 is 10.1 Å². The molecule has 0 aliphatic rings. The standard InChI is InChI=1S/C27H25N3O2S2/c1-3-32-22-13-11-21(12-14-22)29-26(31)25-24(34-23-15-9-19(2)10-16-23)17-28-27(30-25)33-18-20-7-5-4-6-8-20/h4-17H,3,18H2,1-2H3,(H,29,31). The maximum absolute atomic E-state index is 13.3. The summed E-state index contributed by atoms with van der Waals surface area (Å²) in [7, 11) is 0. The molecule has 0 fully saturated rings. The van der Waals surface area contributed by atoms with Gasteiger partial charge in [-0.25, -0.2) is 9.97 Å². The van der Waals surface area contributed by atoms with E-state index in [0.717, 1.165) is 16.4 Å². The van der Waals surface area contributed by atoms with Crippen LogP contribution in [-0.4, -0.2) is 22.5 Å². The van der Waals surface area contributed by atoms with Crippen molar-refractivity contribution in [3.63, 3.8) is 0 Å². The monoisotopic (exact) mass is 487 g/mol. The first-order chi connectivity index (χ1) is 16.6. The van der Waals surface area contributed by atoms with Gasteiger partial charge in [0.1, 0.15) is 11.4 Å². The maximum atomic E-state index is 13.3. The van der Waals surface area contributed by atoms with Gasteiger partial charge in [0.05, 0.1) is 11.5 Å². The van der Waals surface area contributed by atoms with E-state index in [1.165, 1.54) is 34.7 Å². The van der Waals surface area contributed by atoms with Gasteiger partial charge in [-0.05, 0) is 55.8 Å². The third-order valence-corrected chi connectivity index (χ3v) is 6.79. The molecule has 0 atom stereocenters. The van der Waals surface area contributed by atoms with Crippen molar-refractivity contribution in [1.29, 1.82) is 0 Å². The van der Waals surface area contributed by atoms with Crippen LogP contribution in [0.3, 0.4) is 0 Å². The molecule has 5 nitrogen and oxygen atoms in total. The minimum atomic E-state index is -0.275. The molecular formula is C27H25N3O2S2. The summed E-state index contributed by atoms with van der Waals surface area (Å²) in [5.74, 6) is 1.21. The Morgan fingerprint density at radius 1 is 0.971 bits per heavy atom. The lowest BCUT2D eigenvalue weighted by Gasteiger charge is -2.11. The summed E-state index contributed by atoms with van der Waals surface area (Å²) in [6.45, 7) is 4.58. The number of hydrogen-bond acceptors (Lipinski definition) is 6. The van der Waals surface area contributed by atoms with Gasteiger partial charge >= 0.3 is 0 Å². The van der Waals surface area contributed by atoms with Gasteiger partial charge in [0.15, 0.2) is 5.16 Å². The summed E-state index contributed by atoms with van der Waals surface area (Å²) in [4.78, 5) is 24.2. The number of carbonyl (C=O) groups is 1. The summed E-state index contributed by atoms with van der Waals surface area (Å²) in [6, 6.07) is 25.6. The molecular weight excluding hydrogens is 462 g/mol. The fraction of sp³-hybridized carbons (Fsp3) is 0.148. The second-order valence-corrected chi connectivity index (χ2v) is 9.52. The van der Waals surface area contributed by atoms with Gasteiger partial charge in [-0.2, -0.15) is 0 Å². The first kappa shape index (κ1) is 23.9. The number of aromatic nitrogens is 2. The predicted molar refractivity (Wildman–Crippen MR) is 139 cm³/mol. The first-order valence-corrected chi connectivity index (χ1v) is 12.7. The molecule has 1 aromatic heterocycles. The molecule has 7 heteroatoms. The van der Waals surface area contributed by atoms with E-state index in [2.05, 4.69) is 27.4 Å². The van der Waals surface area contributed by atoms with Crippen LogP contribution in [0.4, 0.5) is 5.69 Å². The molecule has 0 saturated heterocycles. The van der Waals surface area contributed by atoms with Crippen LogP contribution in [0.25, 0.3) is 0 Å². The average molecular weight is 488 g/mol. The highest BCUT2D eigenvalue weighted by molar-refractivity contribution is 7.99. The Morgan fingerprint density at radius 2 is 1.71 bits per heavy atom. The van der Waals surface area contributed by atoms with E-state index in [1.54, 1.807) is 6.20 Å². The van der Waals surface area contributed by atoms with Crippen molar-refractivity contribution in [2.24, 2.45) is 0 Å². The van der Waals surface area contributed by atoms with Crippen LogP contribution in [0.5, 0.6) is 5.75 Å². The second-order valence-electron chi connectivity index (χ2n) is 7.47. The molecule has 0 unspecified atom stereocenters. The topological polar surface area (TPSA) is 64.1 Å². The Labute approximate surface area is 208 Å². The third kappa shape index (κ3) is 6.62. The summed E-state index contributed by atoms with van der Waals surface area (Å²) in [5.41, 5.74) is 3.39. The molecule has 172 valence electrons. The highest BCUT2D eigenvalue weighted by Gasteiger charge is 2.17. The second kappa shape index (κ2) is 11.7. The average Bonchev–Trinajstić information content (AvgIpc) is 2.86. The smallest absolute Gasteiger partial charge is 0.275 e. The molecule has 0 spiro atoms. The number of thioether (sulfide) groups is 1. The molecule has 1 amide bonds. The molecule has 0 saturated carbocycles. The Balaban J connectivity index is 1.57. The van der Waals surface area contributed by atoms with Crippen LogP contribution in [0, 0.1) is 6.92 Å². The number of anilines is 1. The van der Waals surface area contributed by atoms with Crippen molar-refractivity contribution in [3.8, 4) is 5.75 Å². The predicted octanol–water partition coefficient (Wildman–Crippen LogP) is 6.88. The van der Waals surface area contributed by atoms with Crippen LogP contribution >= 0.6 is 23.5 Å². The van der Waals surface area contributed by atoms with Crippen molar-refractivity contribution in [2.45, 2.75) is 34.5 Å². The minimum Gasteiger partial charge on any atom is -0.494 e. The molecule has 3 aromatic carbocycles. The molecule has 0 aliphatic heterocycles. The van der Waals surface area contributed by atoms with Gasteiger partial charge in [-0.3, -0.25) is 4.79 Å². The number of nitrogens with zero attached hydrogens (tertiary/aromatic N) is 2. The highest BCUT2D eigenvalue weighted by atomic mass is 32.2. The van der Waals surface area contributed by atoms with Crippen LogP contribution < -0.4 is 10.1 Å². The SMILES string of the molecule is CCOc1ccc(NC(=O)c2nc(SCc3ccccc3)ncc2Sc2ccc(C)cc2)cc1. The largest absolute Gasteiger partial charge is 0.494 e. The zero-order valence-corrected chi connectivity index (χ0v) is 20.7. The van der Waals surface area contributed by atoms with E-state index in [0.29, 0.717) is 28.0 Å². The summed E-state index contributed by atoms with van der Waals surface area (Å²) < 4.78 is 5.48. The van der Waals surface area contributed by atoms with Gasteiger partial charge in [-0.15, -0.1) is 0 Å². The Kier molecular flexibility index (Phi) is 8.22. The number of hydrogen-bond donors (Lipinski definition) is 1. The molecule has 1 heterocycles. The number of ether oxygens (including phenoxy) is 1. The van der Waals surface area contributed by atoms with Crippen molar-refractivity contribution in [3.05, 3.63) is 102 Å². The Morgan fingerprint density at radius 3 is 2.41 bits per heavy atom. The van der Waals surface area contributed by atoms with Crippen molar-refractivity contribution in [2.75, 3.05) is 11.9 Å². The zero-order chi connectivity index (χ0) is 23.8. The molecule has 0 aliphatic carbocycles. The van der Waals surface area contributed by atoms with Gasteiger partial charge in [0.25, 0.3) is 5.91 Å². The van der Waals surface area contributed by atoms with E-state index in [9.17, 15) is 4.79 Å². The lowest BCUT2D eigenvalue weighted by atomic mass is 10.2. The minimum absolute atomic E-state index is 0.275. The lowest BCUT2D eigenvalue weighted by molar-refractivity contribution is 0.101. The van der Waals surface area contributed by atoms with Crippen LogP contribution in [0.15, 0.2) is 100 Å². The molecule has 4 rings (SSSR count). The Hall–Kier alpha value is -3.29. The van der Waals surface area contributed by atoms with Crippen LogP contribution in [-0.2, 0) is 5.75 Å². The molecule has 0 bridgehead atoms. The van der Waals surface area contributed by atoms with E-state index >= 15 is 0 Å². The molecule has 4 aromatic rings. The molecule has 1 N–H and O–H groups in total. The quantitative estimate of drug-likeness (QED) is 0.205. The fourth-order valence-electron chi connectivity index (χ4n) is 3.11. The third-order valence-electron chi connectivity index (χ3n) is 4.83. The van der Waals surface area contributed by atoms with Crippen LogP contribution in [0.2, 0.25) is 0 Å². The first-order valence-electron chi connectivity index (χ1n) is 10.9. The van der Waals surface area contributed by atoms with Gasteiger partial charge in [0, 0.05) is 22.5 Å². The fourth-order valence-corrected chi connectivity index (χ4v) is 4.75. The maximum Gasteiger partial charge on any atom is 0.275 e. The van der Waals surface area contributed by atoms with Gasteiger partial charge in [-0.1, -0.05) is 71.6 Å². The lowest BCUT2D eigenvalue weighted by Crippen LogP contribution is -2.16. The van der Waals surface area contributed by atoms with Crippen molar-refractivity contribution in [1.82, 2.24) is 9.97 Å². The van der Waals surface area contributed by atoms with Crippen molar-refractivity contribution < 1.29 is 9.53 Å². The normalized spacial score (nSPS) is 10.6. The van der Waals surface area contributed by atoms with Crippen molar-refractivity contribution >= 4 is 35.1 Å². The summed E-state index contributed by atoms with van der Waals surface area (Å²) >= 11 is 2.99. The zero-order valence-electron chi connectivity index (χ0n) is 19.0. The molecule has 34 heavy (non-hydrogen) atoms. The molecule has 0 radical (unpaired) electrons. The van der Waals surface area contributed by atoms with Gasteiger partial charge in [0.2, 0.25) is 0 Å². The number of carbonyl (C=O) groups excluding carboxylic acids is 1. The number of rotatable bonds is 9. The van der Waals surface area contributed by atoms with E-state index in [-0.39, 0.29) is 5.91 Å². The van der Waals surface area contributed by atoms with E-state index in [4.69, 9.17) is 4.74 Å². The van der Waals surface area contributed by atoms with E-state index in [1.807, 2.05) is 80.6 Å². The summed E-state index contributed by atoms with van der Waals surface area (Å²) in [5, 5.41) is 3.52. The highest BCUT2D eigenvalue weighted by Crippen LogP contribution is 2.31. The Bertz CT molecular complexity index is 1230. The summed E-state index contributed by atoms with van der Waals surface area (Å²) in [6.07, 6.45) is 1.73.